The Morgan fingerprint density at radius 3 is 2.70 bits per heavy atom. The van der Waals surface area contributed by atoms with Crippen molar-refractivity contribution in [1.82, 2.24) is 30.1 Å². The first-order chi connectivity index (χ1) is 13.2. The zero-order valence-corrected chi connectivity index (χ0v) is 15.5. The second-order valence-corrected chi connectivity index (χ2v) is 7.17. The summed E-state index contributed by atoms with van der Waals surface area (Å²) in [6.07, 6.45) is 8.73. The minimum Gasteiger partial charge on any atom is -0.343 e. The molecule has 1 aromatic carbocycles. The van der Waals surface area contributed by atoms with Gasteiger partial charge in [-0.3, -0.25) is 9.89 Å². The summed E-state index contributed by atoms with van der Waals surface area (Å²) in [7, 11) is 0. The molecule has 0 saturated carbocycles. The number of hydrogen-bond acceptors (Lipinski definition) is 4. The number of nitrogens with zero attached hydrogens (tertiary/aromatic N) is 5. The number of carbonyl (C=O) groups is 1. The lowest BCUT2D eigenvalue weighted by atomic mass is 10.0. The Labute approximate surface area is 158 Å². The Morgan fingerprint density at radius 1 is 1.22 bits per heavy atom. The highest BCUT2D eigenvalue weighted by Gasteiger charge is 2.24. The number of aromatic amines is 1. The monoisotopic (exact) mass is 364 g/mol. The Morgan fingerprint density at radius 2 is 2.00 bits per heavy atom. The van der Waals surface area contributed by atoms with E-state index in [4.69, 9.17) is 0 Å². The predicted molar refractivity (Wildman–Crippen MR) is 102 cm³/mol. The summed E-state index contributed by atoms with van der Waals surface area (Å²) in [5.74, 6) is 0.216. The molecule has 1 N–H and O–H groups in total. The average molecular weight is 364 g/mol. The third-order valence-electron chi connectivity index (χ3n) is 5.23. The number of piperidine rings is 1. The van der Waals surface area contributed by atoms with Crippen LogP contribution in [0.15, 0.2) is 42.9 Å². The first kappa shape index (κ1) is 17.5. The van der Waals surface area contributed by atoms with Gasteiger partial charge >= 0.3 is 0 Å². The van der Waals surface area contributed by atoms with E-state index in [0.29, 0.717) is 12.5 Å². The highest BCUT2D eigenvalue weighted by atomic mass is 16.2. The van der Waals surface area contributed by atoms with Crippen LogP contribution in [0.5, 0.6) is 0 Å². The summed E-state index contributed by atoms with van der Waals surface area (Å²) in [6, 6.07) is 8.62. The van der Waals surface area contributed by atoms with Gasteiger partial charge in [0.25, 0.3) is 0 Å². The van der Waals surface area contributed by atoms with Crippen molar-refractivity contribution in [3.63, 3.8) is 0 Å². The number of carbonyl (C=O) groups excluding carboxylic acids is 1. The Bertz CT molecular complexity index is 876. The van der Waals surface area contributed by atoms with E-state index in [1.807, 2.05) is 22.0 Å². The van der Waals surface area contributed by atoms with E-state index in [0.717, 1.165) is 49.2 Å². The van der Waals surface area contributed by atoms with Gasteiger partial charge in [0, 0.05) is 31.3 Å². The summed E-state index contributed by atoms with van der Waals surface area (Å²) in [4.78, 5) is 14.4. The molecule has 1 aliphatic heterocycles. The number of H-pyrrole nitrogens is 1. The highest BCUT2D eigenvalue weighted by Crippen LogP contribution is 2.24. The van der Waals surface area contributed by atoms with E-state index in [9.17, 15) is 4.79 Å². The molecular formula is C20H24N6O. The smallest absolute Gasteiger partial charge is 0.222 e. The Balaban J connectivity index is 1.31. The number of benzene rings is 1. The van der Waals surface area contributed by atoms with E-state index in [1.165, 1.54) is 5.56 Å². The normalized spacial score (nSPS) is 15.2. The molecule has 7 heteroatoms. The zero-order valence-electron chi connectivity index (χ0n) is 15.5. The lowest BCUT2D eigenvalue weighted by molar-refractivity contribution is -0.132. The number of rotatable bonds is 5. The Kier molecular flexibility index (Phi) is 5.00. The average Bonchev–Trinajstić information content (AvgIpc) is 3.39. The minimum atomic E-state index is 0.216. The number of aryl methyl sites for hydroxylation is 2. The van der Waals surface area contributed by atoms with Gasteiger partial charge in [0.2, 0.25) is 5.91 Å². The molecule has 1 amide bonds. The van der Waals surface area contributed by atoms with Crippen molar-refractivity contribution in [2.24, 2.45) is 0 Å². The second-order valence-electron chi connectivity index (χ2n) is 7.17. The number of hydrogen-bond donors (Lipinski definition) is 1. The van der Waals surface area contributed by atoms with Crippen LogP contribution in [0, 0.1) is 6.92 Å². The van der Waals surface area contributed by atoms with Crippen molar-refractivity contribution >= 4 is 5.91 Å². The molecule has 3 aromatic rings. The second kappa shape index (κ2) is 7.73. The molecule has 140 valence electrons. The Hall–Kier alpha value is -2.96. The summed E-state index contributed by atoms with van der Waals surface area (Å²) in [6.45, 7) is 3.62. The highest BCUT2D eigenvalue weighted by molar-refractivity contribution is 5.76. The molecule has 0 bridgehead atoms. The first-order valence-electron chi connectivity index (χ1n) is 9.43. The zero-order chi connectivity index (χ0) is 18.6. The topological polar surface area (TPSA) is 79.7 Å². The molecule has 1 fully saturated rings. The van der Waals surface area contributed by atoms with Crippen molar-refractivity contribution in [2.75, 3.05) is 13.1 Å². The van der Waals surface area contributed by atoms with E-state index < -0.39 is 0 Å². The molecular weight excluding hydrogens is 340 g/mol. The molecule has 0 unspecified atom stereocenters. The van der Waals surface area contributed by atoms with E-state index in [2.05, 4.69) is 51.7 Å². The quantitative estimate of drug-likeness (QED) is 0.755. The standard InChI is InChI=1S/C20H24N6O/c1-15-2-5-17(6-3-15)19-14-26(24-23-19)18-8-10-25(11-9-18)20(27)7-4-16-12-21-22-13-16/h2-3,5-6,12-14,18H,4,7-11H2,1H3,(H,21,22). The molecule has 27 heavy (non-hydrogen) atoms. The number of likely N-dealkylation sites (tertiary alicyclic amines) is 1. The summed E-state index contributed by atoms with van der Waals surface area (Å²) >= 11 is 0. The molecule has 1 aliphatic rings. The van der Waals surface area contributed by atoms with Gasteiger partial charge < -0.3 is 4.90 Å². The van der Waals surface area contributed by atoms with Crippen molar-refractivity contribution in [3.05, 3.63) is 54.0 Å². The van der Waals surface area contributed by atoms with Crippen LogP contribution in [0.3, 0.4) is 0 Å². The molecule has 1 saturated heterocycles. The van der Waals surface area contributed by atoms with Gasteiger partial charge in [-0.2, -0.15) is 5.10 Å². The van der Waals surface area contributed by atoms with E-state index in [-0.39, 0.29) is 5.91 Å². The molecule has 3 heterocycles. The van der Waals surface area contributed by atoms with Gasteiger partial charge in [-0.25, -0.2) is 4.68 Å². The lowest BCUT2D eigenvalue weighted by Crippen LogP contribution is -2.39. The van der Waals surface area contributed by atoms with Gasteiger partial charge in [0.1, 0.15) is 5.69 Å². The fraction of sp³-hybridized carbons (Fsp3) is 0.400. The van der Waals surface area contributed by atoms with Crippen LogP contribution in [0.1, 0.15) is 36.4 Å². The minimum absolute atomic E-state index is 0.216. The van der Waals surface area contributed by atoms with Crippen molar-refractivity contribution in [1.29, 1.82) is 0 Å². The third-order valence-corrected chi connectivity index (χ3v) is 5.23. The van der Waals surface area contributed by atoms with Crippen LogP contribution >= 0.6 is 0 Å². The summed E-state index contributed by atoms with van der Waals surface area (Å²) in [5, 5.41) is 15.4. The molecule has 4 rings (SSSR count). The van der Waals surface area contributed by atoms with Crippen LogP contribution in [0.25, 0.3) is 11.3 Å². The van der Waals surface area contributed by atoms with Crippen molar-refractivity contribution in [2.45, 2.75) is 38.6 Å². The van der Waals surface area contributed by atoms with Crippen molar-refractivity contribution in [3.8, 4) is 11.3 Å². The van der Waals surface area contributed by atoms with Crippen LogP contribution in [-0.2, 0) is 11.2 Å². The van der Waals surface area contributed by atoms with Gasteiger partial charge in [0.05, 0.1) is 18.4 Å². The van der Waals surface area contributed by atoms with Crippen molar-refractivity contribution < 1.29 is 4.79 Å². The fourth-order valence-corrected chi connectivity index (χ4v) is 3.52. The fourth-order valence-electron chi connectivity index (χ4n) is 3.52. The summed E-state index contributed by atoms with van der Waals surface area (Å²) < 4.78 is 1.96. The maximum absolute atomic E-state index is 12.4. The molecule has 0 atom stereocenters. The van der Waals surface area contributed by atoms with Gasteiger partial charge in [0.15, 0.2) is 0 Å². The lowest BCUT2D eigenvalue weighted by Gasteiger charge is -2.31. The molecule has 0 spiro atoms. The van der Waals surface area contributed by atoms with Crippen LogP contribution < -0.4 is 0 Å². The number of aromatic nitrogens is 5. The van der Waals surface area contributed by atoms with Crippen LogP contribution in [-0.4, -0.2) is 49.1 Å². The molecule has 0 radical (unpaired) electrons. The SMILES string of the molecule is Cc1ccc(-c2cn(C3CCN(C(=O)CCc4cn[nH]c4)CC3)nn2)cc1. The van der Waals surface area contributed by atoms with Gasteiger partial charge in [-0.15, -0.1) is 5.10 Å². The van der Waals surface area contributed by atoms with Crippen LogP contribution in [0.2, 0.25) is 0 Å². The maximum atomic E-state index is 12.4. The molecule has 2 aromatic heterocycles. The number of nitrogens with one attached hydrogen (secondary N) is 1. The van der Waals surface area contributed by atoms with E-state index in [1.54, 1.807) is 6.20 Å². The summed E-state index contributed by atoms with van der Waals surface area (Å²) in [5.41, 5.74) is 4.28. The van der Waals surface area contributed by atoms with Gasteiger partial charge in [-0.1, -0.05) is 35.0 Å². The maximum Gasteiger partial charge on any atom is 0.222 e. The van der Waals surface area contributed by atoms with Gasteiger partial charge in [-0.05, 0) is 31.7 Å². The first-order valence-corrected chi connectivity index (χ1v) is 9.43. The van der Waals surface area contributed by atoms with Crippen LogP contribution in [0.4, 0.5) is 0 Å². The third kappa shape index (κ3) is 4.07. The largest absolute Gasteiger partial charge is 0.343 e. The predicted octanol–water partition coefficient (Wildman–Crippen LogP) is 2.77. The molecule has 7 nitrogen and oxygen atoms in total. The molecule has 0 aliphatic carbocycles. The number of amides is 1. The van der Waals surface area contributed by atoms with E-state index >= 15 is 0 Å².